The van der Waals surface area contributed by atoms with Crippen LogP contribution in [-0.4, -0.2) is 86.2 Å². The number of para-hydroxylation sites is 1. The molecule has 0 radical (unpaired) electrons. The molecule has 5 atom stereocenters. The third kappa shape index (κ3) is 4.65. The van der Waals surface area contributed by atoms with Crippen LogP contribution in [0, 0.1) is 0 Å². The summed E-state index contributed by atoms with van der Waals surface area (Å²) in [6.45, 7) is -0.647. The first-order valence-electron chi connectivity index (χ1n) is 11.2. The van der Waals surface area contributed by atoms with Gasteiger partial charge in [-0.1, -0.05) is 6.07 Å². The molecule has 4 rings (SSSR count). The van der Waals surface area contributed by atoms with Gasteiger partial charge in [0.05, 0.1) is 40.6 Å². The van der Waals surface area contributed by atoms with E-state index in [9.17, 15) is 25.2 Å². The zero-order valence-electron chi connectivity index (χ0n) is 20.5. The van der Waals surface area contributed by atoms with Gasteiger partial charge in [-0.2, -0.15) is 0 Å². The summed E-state index contributed by atoms with van der Waals surface area (Å²) in [7, 11) is 5.67. The zero-order valence-corrected chi connectivity index (χ0v) is 20.5. The van der Waals surface area contributed by atoms with Crippen LogP contribution in [-0.2, 0) is 4.74 Å². The molecule has 12 heteroatoms. The highest BCUT2D eigenvalue weighted by molar-refractivity contribution is 5.92. The maximum absolute atomic E-state index is 13.4. The second-order valence-electron chi connectivity index (χ2n) is 8.15. The van der Waals surface area contributed by atoms with Crippen LogP contribution >= 0.6 is 0 Å². The van der Waals surface area contributed by atoms with E-state index < -0.39 is 42.7 Å². The minimum Gasteiger partial charge on any atom is -0.493 e. The lowest BCUT2D eigenvalue weighted by atomic mass is 9.99. The summed E-state index contributed by atoms with van der Waals surface area (Å²) in [5, 5.41) is 40.0. The Balaban J connectivity index is 1.90. The monoisotopic (exact) mass is 520 g/mol. The van der Waals surface area contributed by atoms with Crippen molar-refractivity contribution in [2.75, 3.05) is 35.0 Å². The fourth-order valence-corrected chi connectivity index (χ4v) is 4.20. The molecular formula is C25H28O12. The number of methoxy groups -OCH3 is 4. The molecule has 0 amide bonds. The number of rotatable bonds is 8. The fraction of sp³-hybridized carbons (Fsp3) is 0.400. The summed E-state index contributed by atoms with van der Waals surface area (Å²) in [5.41, 5.74) is -0.141. The molecule has 12 nitrogen and oxygen atoms in total. The van der Waals surface area contributed by atoms with E-state index in [1.165, 1.54) is 40.6 Å². The van der Waals surface area contributed by atoms with E-state index in [-0.39, 0.29) is 34.0 Å². The standard InChI is InChI=1S/C25H28O12/c1-31-13-7-5-6-11(22(13)33-3)14-8-12(27)18-15(9-16(32-2)23(34-4)24(18)35-14)36-25-21(30)20(29)19(28)17(10-26)37-25/h5-9,17,19-21,25-26,28-30H,10H2,1-4H3. The number of hydrogen-bond acceptors (Lipinski definition) is 12. The van der Waals surface area contributed by atoms with Crippen LogP contribution in [0.2, 0.25) is 0 Å². The molecule has 1 aliphatic rings. The zero-order chi connectivity index (χ0) is 26.9. The molecule has 4 N–H and O–H groups in total. The van der Waals surface area contributed by atoms with E-state index in [0.717, 1.165) is 0 Å². The van der Waals surface area contributed by atoms with E-state index in [2.05, 4.69) is 0 Å². The Labute approximate surface area is 211 Å². The molecule has 37 heavy (non-hydrogen) atoms. The second-order valence-corrected chi connectivity index (χ2v) is 8.15. The van der Waals surface area contributed by atoms with Crippen molar-refractivity contribution in [1.82, 2.24) is 0 Å². The molecular weight excluding hydrogens is 492 g/mol. The molecule has 0 saturated carbocycles. The Morgan fingerprint density at radius 2 is 1.54 bits per heavy atom. The van der Waals surface area contributed by atoms with Crippen LogP contribution in [0.15, 0.2) is 39.5 Å². The predicted molar refractivity (Wildman–Crippen MR) is 129 cm³/mol. The Kier molecular flexibility index (Phi) is 7.76. The molecule has 0 aliphatic carbocycles. The molecule has 5 unspecified atom stereocenters. The summed E-state index contributed by atoms with van der Waals surface area (Å²) in [5.74, 6) is 1.01. The SMILES string of the molecule is COc1cccc(-c2cc(=O)c3c(OC4OC(CO)C(O)C(O)C4O)cc(OC)c(OC)c3o2)c1OC. The van der Waals surface area contributed by atoms with Crippen LogP contribution in [0.3, 0.4) is 0 Å². The van der Waals surface area contributed by atoms with Gasteiger partial charge in [-0.3, -0.25) is 4.79 Å². The fourth-order valence-electron chi connectivity index (χ4n) is 4.20. The van der Waals surface area contributed by atoms with Crippen LogP contribution in [0.4, 0.5) is 0 Å². The van der Waals surface area contributed by atoms with Crippen molar-refractivity contribution in [3.63, 3.8) is 0 Å². The number of aliphatic hydroxyl groups is 4. The summed E-state index contributed by atoms with van der Waals surface area (Å²) >= 11 is 0. The number of benzene rings is 2. The highest BCUT2D eigenvalue weighted by Crippen LogP contribution is 2.44. The van der Waals surface area contributed by atoms with Crippen molar-refractivity contribution in [3.05, 3.63) is 40.6 Å². The summed E-state index contributed by atoms with van der Waals surface area (Å²) in [6, 6.07) is 7.65. The molecule has 1 fully saturated rings. The maximum Gasteiger partial charge on any atom is 0.229 e. The molecule has 0 bridgehead atoms. The summed E-state index contributed by atoms with van der Waals surface area (Å²) in [6.07, 6.45) is -7.71. The molecule has 1 aromatic heterocycles. The van der Waals surface area contributed by atoms with Crippen LogP contribution in [0.5, 0.6) is 28.7 Å². The maximum atomic E-state index is 13.4. The van der Waals surface area contributed by atoms with Gasteiger partial charge in [0.2, 0.25) is 12.0 Å². The van der Waals surface area contributed by atoms with E-state index in [1.807, 2.05) is 0 Å². The molecule has 1 saturated heterocycles. The quantitative estimate of drug-likeness (QED) is 0.328. The Hall–Kier alpha value is -3.55. The van der Waals surface area contributed by atoms with Gasteiger partial charge in [0.1, 0.15) is 41.3 Å². The van der Waals surface area contributed by atoms with Gasteiger partial charge in [-0.25, -0.2) is 0 Å². The second kappa shape index (κ2) is 10.8. The van der Waals surface area contributed by atoms with Crippen LogP contribution in [0.1, 0.15) is 0 Å². The first kappa shape index (κ1) is 26.5. The average Bonchev–Trinajstić information content (AvgIpc) is 2.91. The lowest BCUT2D eigenvalue weighted by molar-refractivity contribution is -0.277. The minimum atomic E-state index is -1.70. The molecule has 2 aromatic carbocycles. The number of aliphatic hydroxyl groups excluding tert-OH is 4. The van der Waals surface area contributed by atoms with Crippen LogP contribution in [0.25, 0.3) is 22.3 Å². The van der Waals surface area contributed by atoms with Gasteiger partial charge < -0.3 is 53.3 Å². The van der Waals surface area contributed by atoms with Gasteiger partial charge in [-0.15, -0.1) is 0 Å². The molecule has 2 heterocycles. The topological polar surface area (TPSA) is 167 Å². The van der Waals surface area contributed by atoms with Crippen molar-refractivity contribution in [2.24, 2.45) is 0 Å². The van der Waals surface area contributed by atoms with Gasteiger partial charge >= 0.3 is 0 Å². The lowest BCUT2D eigenvalue weighted by Crippen LogP contribution is -2.60. The summed E-state index contributed by atoms with van der Waals surface area (Å²) in [4.78, 5) is 13.4. The van der Waals surface area contributed by atoms with Gasteiger partial charge in [0.25, 0.3) is 0 Å². The Bertz CT molecular complexity index is 1320. The highest BCUT2D eigenvalue weighted by atomic mass is 16.7. The van der Waals surface area contributed by atoms with Crippen LogP contribution < -0.4 is 29.1 Å². The lowest BCUT2D eigenvalue weighted by Gasteiger charge is -2.39. The molecule has 200 valence electrons. The number of fused-ring (bicyclic) bond motifs is 1. The van der Waals surface area contributed by atoms with Gasteiger partial charge in [0.15, 0.2) is 28.3 Å². The minimum absolute atomic E-state index is 0.0335. The van der Waals surface area contributed by atoms with E-state index in [4.69, 9.17) is 32.8 Å². The average molecular weight is 520 g/mol. The van der Waals surface area contributed by atoms with E-state index in [1.54, 1.807) is 18.2 Å². The summed E-state index contributed by atoms with van der Waals surface area (Å²) < 4.78 is 39.0. The highest BCUT2D eigenvalue weighted by Gasteiger charge is 2.45. The Morgan fingerprint density at radius 1 is 0.838 bits per heavy atom. The van der Waals surface area contributed by atoms with E-state index >= 15 is 0 Å². The molecule has 0 spiro atoms. The predicted octanol–water partition coefficient (Wildman–Crippen LogP) is 0.673. The molecule has 1 aliphatic heterocycles. The first-order valence-corrected chi connectivity index (χ1v) is 11.2. The third-order valence-corrected chi connectivity index (χ3v) is 6.07. The van der Waals surface area contributed by atoms with Crippen molar-refractivity contribution in [2.45, 2.75) is 30.7 Å². The van der Waals surface area contributed by atoms with Crippen molar-refractivity contribution in [1.29, 1.82) is 0 Å². The van der Waals surface area contributed by atoms with Crippen molar-refractivity contribution >= 4 is 11.0 Å². The van der Waals surface area contributed by atoms with E-state index in [0.29, 0.717) is 17.1 Å². The van der Waals surface area contributed by atoms with Gasteiger partial charge in [-0.05, 0) is 12.1 Å². The molecule has 3 aromatic rings. The smallest absolute Gasteiger partial charge is 0.229 e. The Morgan fingerprint density at radius 3 is 2.16 bits per heavy atom. The first-order chi connectivity index (χ1) is 17.8. The normalized spacial score (nSPS) is 23.5. The van der Waals surface area contributed by atoms with Crippen molar-refractivity contribution < 1.29 is 53.3 Å². The number of ether oxygens (including phenoxy) is 6. The number of hydrogen-bond donors (Lipinski definition) is 4. The third-order valence-electron chi connectivity index (χ3n) is 6.07. The largest absolute Gasteiger partial charge is 0.493 e. The van der Waals surface area contributed by atoms with Crippen molar-refractivity contribution in [3.8, 4) is 40.1 Å². The van der Waals surface area contributed by atoms with Gasteiger partial charge in [0, 0.05) is 12.1 Å².